The lowest BCUT2D eigenvalue weighted by molar-refractivity contribution is 0.102. The number of nitrogens with one attached hydrogen (secondary N) is 1. The molecule has 1 heterocycles. The molecule has 7 heteroatoms. The number of carbonyl (C=O) groups is 1. The number of nitrogens with zero attached hydrogens (tertiary/aromatic N) is 1. The minimum absolute atomic E-state index is 0.0988. The van der Waals surface area contributed by atoms with Gasteiger partial charge in [-0.3, -0.25) is 4.79 Å². The first-order valence-corrected chi connectivity index (χ1v) is 12.7. The molecule has 0 fully saturated rings. The maximum Gasteiger partial charge on any atom is 0.259 e. The van der Waals surface area contributed by atoms with Crippen molar-refractivity contribution in [2.45, 2.75) is 25.7 Å². The van der Waals surface area contributed by atoms with Crippen LogP contribution in [0.25, 0.3) is 0 Å². The third-order valence-corrected chi connectivity index (χ3v) is 7.49. The highest BCUT2D eigenvalue weighted by Gasteiger charge is 2.25. The predicted molar refractivity (Wildman–Crippen MR) is 140 cm³/mol. The summed E-state index contributed by atoms with van der Waals surface area (Å²) in [5.74, 6) is 0.620. The molecule has 2 aromatic carbocycles. The Morgan fingerprint density at radius 1 is 1.16 bits per heavy atom. The smallest absolute Gasteiger partial charge is 0.259 e. The zero-order valence-corrected chi connectivity index (χ0v) is 21.4. The van der Waals surface area contributed by atoms with E-state index in [0.29, 0.717) is 12.2 Å². The van der Waals surface area contributed by atoms with E-state index in [1.54, 1.807) is 23.6 Å². The number of fused-ring (bicyclic) bond motifs is 1. The van der Waals surface area contributed by atoms with Crippen LogP contribution in [0.4, 0.5) is 10.7 Å². The van der Waals surface area contributed by atoms with E-state index in [2.05, 4.69) is 43.8 Å². The number of amides is 1. The summed E-state index contributed by atoms with van der Waals surface area (Å²) in [5.41, 5.74) is 3.54. The number of para-hydroxylation sites is 1. The number of thiophene rings is 1. The molecule has 0 radical (unpaired) electrons. The van der Waals surface area contributed by atoms with Crippen LogP contribution >= 0.6 is 43.2 Å². The first kappa shape index (κ1) is 23.0. The number of aliphatic imine (C=N–C) groups is 1. The molecule has 3 aromatic rings. The van der Waals surface area contributed by atoms with E-state index in [1.807, 2.05) is 42.5 Å². The zero-order chi connectivity index (χ0) is 22.5. The van der Waals surface area contributed by atoms with Gasteiger partial charge in [-0.1, -0.05) is 30.9 Å². The van der Waals surface area contributed by atoms with Gasteiger partial charge in [-0.05, 0) is 92.9 Å². The second kappa shape index (κ2) is 10.6. The lowest BCUT2D eigenvalue weighted by atomic mass is 9.95. The van der Waals surface area contributed by atoms with Crippen LogP contribution in [0.5, 0.6) is 5.75 Å². The minimum Gasteiger partial charge on any atom is -0.487 e. The van der Waals surface area contributed by atoms with Gasteiger partial charge in [0.2, 0.25) is 0 Å². The Kier molecular flexibility index (Phi) is 7.60. The Morgan fingerprint density at radius 2 is 1.88 bits per heavy atom. The summed E-state index contributed by atoms with van der Waals surface area (Å²) in [6, 6.07) is 13.4. The number of hydrogen-bond donors (Lipinski definition) is 1. The highest BCUT2D eigenvalue weighted by atomic mass is 79.9. The molecule has 0 saturated heterocycles. The molecule has 0 aliphatic heterocycles. The van der Waals surface area contributed by atoms with Crippen LogP contribution < -0.4 is 10.1 Å². The van der Waals surface area contributed by atoms with E-state index in [1.165, 1.54) is 4.88 Å². The van der Waals surface area contributed by atoms with E-state index in [9.17, 15) is 4.79 Å². The molecule has 0 spiro atoms. The van der Waals surface area contributed by atoms with Gasteiger partial charge >= 0.3 is 0 Å². The van der Waals surface area contributed by atoms with Gasteiger partial charge in [0.25, 0.3) is 5.91 Å². The van der Waals surface area contributed by atoms with Crippen LogP contribution in [0.1, 0.15) is 39.2 Å². The van der Waals surface area contributed by atoms with Crippen molar-refractivity contribution in [3.05, 3.63) is 85.6 Å². The third-order valence-electron chi connectivity index (χ3n) is 5.11. The summed E-state index contributed by atoms with van der Waals surface area (Å²) >= 11 is 8.75. The number of rotatable bonds is 7. The van der Waals surface area contributed by atoms with Gasteiger partial charge in [0.05, 0.1) is 14.5 Å². The molecule has 164 valence electrons. The van der Waals surface area contributed by atoms with Gasteiger partial charge in [-0.2, -0.15) is 0 Å². The molecule has 1 aliphatic rings. The number of anilines is 1. The SMILES string of the molecule is C=CCOc1c(Br)cc(C=Nc2sc3c(c2C(=O)Nc2ccccc2)CCCC3)cc1Br. The number of halogens is 2. The topological polar surface area (TPSA) is 50.7 Å². The summed E-state index contributed by atoms with van der Waals surface area (Å²) in [5, 5.41) is 3.79. The number of aryl methyl sites for hydroxylation is 1. The zero-order valence-electron chi connectivity index (χ0n) is 17.4. The molecule has 1 N–H and O–H groups in total. The summed E-state index contributed by atoms with van der Waals surface area (Å²) < 4.78 is 7.33. The molecular weight excluding hydrogens is 552 g/mol. The molecule has 0 saturated carbocycles. The largest absolute Gasteiger partial charge is 0.487 e. The quantitative estimate of drug-likeness (QED) is 0.232. The fourth-order valence-corrected chi connectivity index (χ4v) is 6.34. The van der Waals surface area contributed by atoms with Crippen LogP contribution in [0.2, 0.25) is 0 Å². The summed E-state index contributed by atoms with van der Waals surface area (Å²) in [6.07, 6.45) is 7.68. The van der Waals surface area contributed by atoms with E-state index in [4.69, 9.17) is 9.73 Å². The molecule has 32 heavy (non-hydrogen) atoms. The average molecular weight is 574 g/mol. The van der Waals surface area contributed by atoms with Crippen molar-refractivity contribution in [2.75, 3.05) is 11.9 Å². The lowest BCUT2D eigenvalue weighted by Gasteiger charge is -2.12. The first-order chi connectivity index (χ1) is 15.6. The highest BCUT2D eigenvalue weighted by Crippen LogP contribution is 2.40. The van der Waals surface area contributed by atoms with Crippen LogP contribution in [0.15, 0.2) is 69.1 Å². The summed E-state index contributed by atoms with van der Waals surface area (Å²) in [4.78, 5) is 19.2. The molecule has 1 aliphatic carbocycles. The van der Waals surface area contributed by atoms with Gasteiger partial charge in [-0.25, -0.2) is 4.99 Å². The van der Waals surface area contributed by atoms with Crippen LogP contribution in [0.3, 0.4) is 0 Å². The van der Waals surface area contributed by atoms with Crippen LogP contribution in [-0.2, 0) is 12.8 Å². The van der Waals surface area contributed by atoms with Gasteiger partial charge < -0.3 is 10.1 Å². The fourth-order valence-electron chi connectivity index (χ4n) is 3.66. The van der Waals surface area contributed by atoms with E-state index in [-0.39, 0.29) is 5.91 Å². The molecule has 4 nitrogen and oxygen atoms in total. The maximum absolute atomic E-state index is 13.2. The second-order valence-electron chi connectivity index (χ2n) is 7.38. The van der Waals surface area contributed by atoms with Crippen LogP contribution in [0, 0.1) is 0 Å². The van der Waals surface area contributed by atoms with Gasteiger partial charge in [0, 0.05) is 16.8 Å². The van der Waals surface area contributed by atoms with Crippen molar-refractivity contribution < 1.29 is 9.53 Å². The first-order valence-electron chi connectivity index (χ1n) is 10.3. The van der Waals surface area contributed by atoms with E-state index in [0.717, 1.165) is 62.2 Å². The predicted octanol–water partition coefficient (Wildman–Crippen LogP) is 7.72. The molecule has 0 bridgehead atoms. The summed E-state index contributed by atoms with van der Waals surface area (Å²) in [6.45, 7) is 4.11. The number of benzene rings is 2. The summed E-state index contributed by atoms with van der Waals surface area (Å²) in [7, 11) is 0. The van der Waals surface area contributed by atoms with Crippen molar-refractivity contribution in [2.24, 2.45) is 4.99 Å². The highest BCUT2D eigenvalue weighted by molar-refractivity contribution is 9.11. The molecule has 1 amide bonds. The third kappa shape index (κ3) is 5.22. The van der Waals surface area contributed by atoms with Gasteiger partial charge in [0.1, 0.15) is 17.4 Å². The van der Waals surface area contributed by atoms with Crippen molar-refractivity contribution in [1.29, 1.82) is 0 Å². The molecule has 0 atom stereocenters. The Hall–Kier alpha value is -2.22. The second-order valence-corrected chi connectivity index (χ2v) is 10.2. The Bertz CT molecular complexity index is 1150. The van der Waals surface area contributed by atoms with Gasteiger partial charge in [-0.15, -0.1) is 11.3 Å². The normalized spacial score (nSPS) is 13.1. The Balaban J connectivity index is 1.65. The Morgan fingerprint density at radius 3 is 2.59 bits per heavy atom. The van der Waals surface area contributed by atoms with E-state index < -0.39 is 0 Å². The maximum atomic E-state index is 13.2. The minimum atomic E-state index is -0.0988. The molecule has 4 rings (SSSR count). The van der Waals surface area contributed by atoms with Crippen molar-refractivity contribution in [1.82, 2.24) is 0 Å². The van der Waals surface area contributed by atoms with Crippen molar-refractivity contribution >= 4 is 66.0 Å². The van der Waals surface area contributed by atoms with Crippen LogP contribution in [-0.4, -0.2) is 18.7 Å². The number of hydrogen-bond acceptors (Lipinski definition) is 4. The van der Waals surface area contributed by atoms with Crippen molar-refractivity contribution in [3.8, 4) is 5.75 Å². The Labute approximate surface area is 208 Å². The number of carbonyl (C=O) groups excluding carboxylic acids is 1. The fraction of sp³-hybridized carbons (Fsp3) is 0.200. The molecule has 0 unspecified atom stereocenters. The average Bonchev–Trinajstić information content (AvgIpc) is 3.16. The lowest BCUT2D eigenvalue weighted by Crippen LogP contribution is -2.14. The van der Waals surface area contributed by atoms with E-state index >= 15 is 0 Å². The van der Waals surface area contributed by atoms with Gasteiger partial charge in [0.15, 0.2) is 0 Å². The molecular formula is C25H22Br2N2O2S. The number of ether oxygens (including phenoxy) is 1. The van der Waals surface area contributed by atoms with Crippen molar-refractivity contribution in [3.63, 3.8) is 0 Å². The monoisotopic (exact) mass is 572 g/mol. The standard InChI is InChI=1S/C25H22Br2N2O2S/c1-2-12-31-23-19(26)13-16(14-20(23)27)15-28-25-22(18-10-6-7-11-21(18)32-25)24(30)29-17-8-4-3-5-9-17/h2-5,8-9,13-15H,1,6-7,10-12H2,(H,29,30). The molecule has 1 aromatic heterocycles.